The number of carbonyl (C=O) groups excluding carboxylic acids is 1. The number of rotatable bonds is 4. The number of halogens is 1. The number of carbonyl (C=O) groups is 1. The first-order chi connectivity index (χ1) is 11.2. The van der Waals surface area contributed by atoms with Crippen LogP contribution in [0.4, 0.5) is 9.18 Å². The Morgan fingerprint density at radius 3 is 2.30 bits per heavy atom. The van der Waals surface area contributed by atoms with Crippen molar-refractivity contribution in [1.29, 1.82) is 0 Å². The summed E-state index contributed by atoms with van der Waals surface area (Å²) in [6.45, 7) is 0.622. The molecule has 0 radical (unpaired) electrons. The number of nitrogens with zero attached hydrogens (tertiary/aromatic N) is 1. The fourth-order valence-corrected chi connectivity index (χ4v) is 2.94. The lowest BCUT2D eigenvalue weighted by Crippen LogP contribution is -2.40. The van der Waals surface area contributed by atoms with Gasteiger partial charge in [-0.3, -0.25) is 0 Å². The van der Waals surface area contributed by atoms with Gasteiger partial charge in [0.1, 0.15) is 12.8 Å². The topological polar surface area (TPSA) is 29.5 Å². The van der Waals surface area contributed by atoms with Gasteiger partial charge in [0.2, 0.25) is 0 Å². The molecule has 1 saturated heterocycles. The van der Waals surface area contributed by atoms with E-state index in [1.165, 1.54) is 4.90 Å². The lowest BCUT2D eigenvalue weighted by Gasteiger charge is -2.25. The lowest BCUT2D eigenvalue weighted by molar-refractivity contribution is 0.0852. The van der Waals surface area contributed by atoms with Crippen molar-refractivity contribution in [2.75, 3.05) is 6.54 Å². The van der Waals surface area contributed by atoms with Crippen LogP contribution >= 0.6 is 0 Å². The largest absolute Gasteiger partial charge is 0.445 e. The van der Waals surface area contributed by atoms with Crippen LogP contribution in [0.5, 0.6) is 0 Å². The summed E-state index contributed by atoms with van der Waals surface area (Å²) in [5.74, 6) is 0. The number of hydrogen-bond donors (Lipinski definition) is 0. The molecule has 3 rings (SSSR count). The Balaban J connectivity index is 1.62. The van der Waals surface area contributed by atoms with E-state index in [-0.39, 0.29) is 6.61 Å². The quantitative estimate of drug-likeness (QED) is 0.854. The molecule has 0 N–H and O–H groups in total. The van der Waals surface area contributed by atoms with E-state index in [9.17, 15) is 9.18 Å². The number of amides is 1. The Kier molecular flexibility index (Phi) is 4.91. The first kappa shape index (κ1) is 15.5. The fraction of sp³-hybridized carbons (Fsp3) is 0.316. The minimum absolute atomic E-state index is 0.213. The van der Waals surface area contributed by atoms with E-state index in [1.54, 1.807) is 0 Å². The normalized spacial score (nSPS) is 20.5. The van der Waals surface area contributed by atoms with E-state index in [2.05, 4.69) is 0 Å². The second kappa shape index (κ2) is 7.27. The fourth-order valence-electron chi connectivity index (χ4n) is 2.94. The summed E-state index contributed by atoms with van der Waals surface area (Å²) in [4.78, 5) is 13.8. The molecule has 1 heterocycles. The summed E-state index contributed by atoms with van der Waals surface area (Å²) in [6.07, 6.45) is -0.546. The number of ether oxygens (including phenoxy) is 1. The zero-order chi connectivity index (χ0) is 16.1. The minimum atomic E-state index is -1.00. The van der Waals surface area contributed by atoms with Crippen LogP contribution in [0.15, 0.2) is 60.7 Å². The van der Waals surface area contributed by atoms with Crippen molar-refractivity contribution in [2.45, 2.75) is 31.7 Å². The average molecular weight is 313 g/mol. The molecule has 1 aliphatic heterocycles. The molecular weight excluding hydrogens is 293 g/mol. The van der Waals surface area contributed by atoms with Gasteiger partial charge in [0.15, 0.2) is 0 Å². The standard InChI is InChI=1S/C19H20FNO2/c20-17-11-12-21(18(17)13-15-7-3-1-4-8-15)19(22)23-14-16-9-5-2-6-10-16/h1-10,17-18H,11-14H2/t17-,18+/m1/s1. The molecule has 120 valence electrons. The molecule has 0 saturated carbocycles. The van der Waals surface area contributed by atoms with Crippen molar-refractivity contribution >= 4 is 6.09 Å². The molecule has 0 aliphatic carbocycles. The summed E-state index contributed by atoms with van der Waals surface area (Å²) < 4.78 is 19.5. The number of hydrogen-bond acceptors (Lipinski definition) is 2. The highest BCUT2D eigenvalue weighted by molar-refractivity contribution is 5.68. The molecule has 4 heteroatoms. The summed E-state index contributed by atoms with van der Waals surface area (Å²) in [7, 11) is 0. The summed E-state index contributed by atoms with van der Waals surface area (Å²) in [5, 5.41) is 0. The Labute approximate surface area is 135 Å². The van der Waals surface area contributed by atoms with Crippen LogP contribution in [-0.2, 0) is 17.8 Å². The van der Waals surface area contributed by atoms with Crippen LogP contribution in [-0.4, -0.2) is 29.8 Å². The monoisotopic (exact) mass is 313 g/mol. The smallest absolute Gasteiger partial charge is 0.410 e. The van der Waals surface area contributed by atoms with Crippen LogP contribution in [0, 0.1) is 0 Å². The maximum Gasteiger partial charge on any atom is 0.410 e. The Bertz CT molecular complexity index is 632. The van der Waals surface area contributed by atoms with Crippen LogP contribution in [0.25, 0.3) is 0 Å². The number of likely N-dealkylation sites (tertiary alicyclic amines) is 1. The van der Waals surface area contributed by atoms with E-state index in [0.717, 1.165) is 11.1 Å². The first-order valence-corrected chi connectivity index (χ1v) is 7.89. The zero-order valence-electron chi connectivity index (χ0n) is 12.9. The third-order valence-corrected chi connectivity index (χ3v) is 4.19. The van der Waals surface area contributed by atoms with Gasteiger partial charge in [-0.05, 0) is 24.0 Å². The Morgan fingerprint density at radius 1 is 1.04 bits per heavy atom. The highest BCUT2D eigenvalue weighted by Gasteiger charge is 2.38. The van der Waals surface area contributed by atoms with Crippen LogP contribution in [0.2, 0.25) is 0 Å². The van der Waals surface area contributed by atoms with E-state index < -0.39 is 18.3 Å². The second-order valence-electron chi connectivity index (χ2n) is 5.80. The van der Waals surface area contributed by atoms with E-state index in [4.69, 9.17) is 4.74 Å². The van der Waals surface area contributed by atoms with Gasteiger partial charge in [-0.1, -0.05) is 60.7 Å². The predicted octanol–water partition coefficient (Wildman–Crippen LogP) is 3.98. The Hall–Kier alpha value is -2.36. The predicted molar refractivity (Wildman–Crippen MR) is 86.8 cm³/mol. The van der Waals surface area contributed by atoms with Gasteiger partial charge in [-0.15, -0.1) is 0 Å². The van der Waals surface area contributed by atoms with Crippen molar-refractivity contribution in [1.82, 2.24) is 4.90 Å². The maximum atomic E-state index is 14.2. The molecule has 2 atom stereocenters. The molecule has 3 nitrogen and oxygen atoms in total. The van der Waals surface area contributed by atoms with Gasteiger partial charge in [-0.25, -0.2) is 9.18 Å². The van der Waals surface area contributed by atoms with Crippen LogP contribution < -0.4 is 0 Å². The number of alkyl halides is 1. The molecule has 1 aliphatic rings. The van der Waals surface area contributed by atoms with E-state index in [0.29, 0.717) is 19.4 Å². The highest BCUT2D eigenvalue weighted by atomic mass is 19.1. The minimum Gasteiger partial charge on any atom is -0.445 e. The zero-order valence-corrected chi connectivity index (χ0v) is 12.9. The molecule has 0 unspecified atom stereocenters. The van der Waals surface area contributed by atoms with Gasteiger partial charge < -0.3 is 9.64 Å². The van der Waals surface area contributed by atoms with E-state index >= 15 is 0 Å². The third-order valence-electron chi connectivity index (χ3n) is 4.19. The first-order valence-electron chi connectivity index (χ1n) is 7.89. The molecular formula is C19H20FNO2. The molecule has 0 spiro atoms. The molecule has 0 aromatic heterocycles. The molecule has 2 aromatic rings. The highest BCUT2D eigenvalue weighted by Crippen LogP contribution is 2.25. The van der Waals surface area contributed by atoms with Gasteiger partial charge in [0, 0.05) is 6.54 Å². The number of benzene rings is 2. The SMILES string of the molecule is O=C(OCc1ccccc1)N1CC[C@@H](F)[C@@H]1Cc1ccccc1. The van der Waals surface area contributed by atoms with Crippen molar-refractivity contribution < 1.29 is 13.9 Å². The van der Waals surface area contributed by atoms with Crippen molar-refractivity contribution in [3.8, 4) is 0 Å². The second-order valence-corrected chi connectivity index (χ2v) is 5.80. The average Bonchev–Trinajstić information content (AvgIpc) is 2.95. The van der Waals surface area contributed by atoms with Gasteiger partial charge in [0.25, 0.3) is 0 Å². The lowest BCUT2D eigenvalue weighted by atomic mass is 10.0. The van der Waals surface area contributed by atoms with Gasteiger partial charge in [-0.2, -0.15) is 0 Å². The van der Waals surface area contributed by atoms with Crippen molar-refractivity contribution in [2.24, 2.45) is 0 Å². The van der Waals surface area contributed by atoms with Gasteiger partial charge in [0.05, 0.1) is 6.04 Å². The van der Waals surface area contributed by atoms with Crippen LogP contribution in [0.1, 0.15) is 17.5 Å². The summed E-state index contributed by atoms with van der Waals surface area (Å²) in [5.41, 5.74) is 1.96. The van der Waals surface area contributed by atoms with E-state index in [1.807, 2.05) is 60.7 Å². The van der Waals surface area contributed by atoms with Crippen LogP contribution in [0.3, 0.4) is 0 Å². The third kappa shape index (κ3) is 3.89. The molecule has 1 fully saturated rings. The molecule has 2 aromatic carbocycles. The van der Waals surface area contributed by atoms with Gasteiger partial charge >= 0.3 is 6.09 Å². The molecule has 0 bridgehead atoms. The molecule has 1 amide bonds. The van der Waals surface area contributed by atoms with Crippen molar-refractivity contribution in [3.63, 3.8) is 0 Å². The summed E-state index contributed by atoms with van der Waals surface area (Å²) in [6, 6.07) is 18.8. The summed E-state index contributed by atoms with van der Waals surface area (Å²) >= 11 is 0. The molecule has 23 heavy (non-hydrogen) atoms. The maximum absolute atomic E-state index is 14.2. The Morgan fingerprint density at radius 2 is 1.65 bits per heavy atom. The van der Waals surface area contributed by atoms with Crippen molar-refractivity contribution in [3.05, 3.63) is 71.8 Å².